The predicted octanol–water partition coefficient (Wildman–Crippen LogP) is 6.55. The van der Waals surface area contributed by atoms with E-state index in [1.807, 2.05) is 37.3 Å². The average molecular weight is 383 g/mol. The number of ether oxygens (including phenoxy) is 2. The van der Waals surface area contributed by atoms with Gasteiger partial charge in [-0.25, -0.2) is 0 Å². The second-order valence-electron chi connectivity index (χ2n) is 6.28. The fourth-order valence-electron chi connectivity index (χ4n) is 2.33. The van der Waals surface area contributed by atoms with Crippen LogP contribution in [0.2, 0.25) is 0 Å². The first kappa shape index (κ1) is 25.2. The van der Waals surface area contributed by atoms with Gasteiger partial charge in [-0.1, -0.05) is 76.5 Å². The first-order valence-corrected chi connectivity index (χ1v) is 9.47. The molecule has 0 aliphatic heterocycles. The van der Waals surface area contributed by atoms with Crippen LogP contribution in [0.5, 0.6) is 0 Å². The van der Waals surface area contributed by atoms with E-state index < -0.39 is 0 Å². The number of unbranched alkanes of at least 4 members (excludes halogenated alkanes) is 2. The van der Waals surface area contributed by atoms with Crippen LogP contribution in [0.25, 0.3) is 0 Å². The Morgan fingerprint density at radius 2 is 1.71 bits per heavy atom. The van der Waals surface area contributed by atoms with Crippen molar-refractivity contribution in [2.45, 2.75) is 39.5 Å². The minimum absolute atomic E-state index is 0.173. The largest absolute Gasteiger partial charge is 0.497 e. The van der Waals surface area contributed by atoms with E-state index in [2.05, 4.69) is 33.2 Å². The van der Waals surface area contributed by atoms with Crippen LogP contribution < -0.4 is 0 Å². The summed E-state index contributed by atoms with van der Waals surface area (Å²) < 4.78 is 9.99. The van der Waals surface area contributed by atoms with Gasteiger partial charge in [0, 0.05) is 0 Å². The molecule has 152 valence electrons. The normalized spacial score (nSPS) is 12.2. The summed E-state index contributed by atoms with van der Waals surface area (Å²) in [4.78, 5) is 10.6. The molecule has 0 saturated carbocycles. The standard InChI is InChI=1S/C25H34O3/c1-8-10-12-14-24(23(6)20(3)15-16-22(5)27-7)17-21(4)25(13-11-9-2)18-28-19-26/h9,11,13,15-17,19H,3-6,8,10,12,14,18H2,1-2,7H3/b11-9-,16-15-,24-17-,25-13+. The molecular weight excluding hydrogens is 348 g/mol. The third kappa shape index (κ3) is 10.4. The van der Waals surface area contributed by atoms with Crippen molar-refractivity contribution in [2.24, 2.45) is 0 Å². The maximum atomic E-state index is 10.6. The number of allylic oxidation sites excluding steroid dienone is 9. The Morgan fingerprint density at radius 3 is 2.29 bits per heavy atom. The highest BCUT2D eigenvalue weighted by Gasteiger charge is 2.08. The molecule has 0 bridgehead atoms. The minimum atomic E-state index is 0.173. The van der Waals surface area contributed by atoms with Gasteiger partial charge in [0.1, 0.15) is 12.4 Å². The molecule has 0 heterocycles. The lowest BCUT2D eigenvalue weighted by Crippen LogP contribution is -2.00. The van der Waals surface area contributed by atoms with Gasteiger partial charge in [0.2, 0.25) is 0 Å². The lowest BCUT2D eigenvalue weighted by atomic mass is 9.92. The molecule has 0 aromatic carbocycles. The first-order valence-electron chi connectivity index (χ1n) is 9.47. The molecule has 28 heavy (non-hydrogen) atoms. The van der Waals surface area contributed by atoms with E-state index in [1.165, 1.54) is 0 Å². The number of hydrogen-bond donors (Lipinski definition) is 0. The first-order chi connectivity index (χ1) is 13.4. The van der Waals surface area contributed by atoms with Crippen LogP contribution in [0.15, 0.2) is 96.4 Å². The topological polar surface area (TPSA) is 35.5 Å². The predicted molar refractivity (Wildman–Crippen MR) is 120 cm³/mol. The molecule has 0 aliphatic rings. The second-order valence-corrected chi connectivity index (χ2v) is 6.28. The highest BCUT2D eigenvalue weighted by molar-refractivity contribution is 5.54. The molecule has 0 amide bonds. The molecule has 0 N–H and O–H groups in total. The maximum absolute atomic E-state index is 10.6. The zero-order valence-electron chi connectivity index (χ0n) is 17.6. The van der Waals surface area contributed by atoms with Crippen molar-refractivity contribution in [3.63, 3.8) is 0 Å². The van der Waals surface area contributed by atoms with E-state index in [1.54, 1.807) is 13.2 Å². The van der Waals surface area contributed by atoms with Crippen molar-refractivity contribution in [2.75, 3.05) is 13.7 Å². The Labute approximate surface area is 170 Å². The van der Waals surface area contributed by atoms with Gasteiger partial charge < -0.3 is 9.47 Å². The third-order valence-electron chi connectivity index (χ3n) is 4.12. The average Bonchev–Trinajstić information content (AvgIpc) is 2.70. The molecule has 0 aromatic rings. The molecule has 0 aromatic heterocycles. The summed E-state index contributed by atoms with van der Waals surface area (Å²) in [5.41, 5.74) is 4.31. The fraction of sp³-hybridized carbons (Fsp3) is 0.320. The summed E-state index contributed by atoms with van der Waals surface area (Å²) in [7, 11) is 1.57. The lowest BCUT2D eigenvalue weighted by molar-refractivity contribution is -0.127. The van der Waals surface area contributed by atoms with Crippen LogP contribution in [-0.4, -0.2) is 20.2 Å². The summed E-state index contributed by atoms with van der Waals surface area (Å²) in [6.45, 7) is 21.0. The molecule has 3 heteroatoms. The van der Waals surface area contributed by atoms with Crippen molar-refractivity contribution < 1.29 is 14.3 Å². The van der Waals surface area contributed by atoms with E-state index in [0.717, 1.165) is 53.5 Å². The highest BCUT2D eigenvalue weighted by atomic mass is 16.5. The summed E-state index contributed by atoms with van der Waals surface area (Å²) in [6.07, 6.45) is 15.5. The van der Waals surface area contributed by atoms with E-state index in [4.69, 9.17) is 9.47 Å². The summed E-state index contributed by atoms with van der Waals surface area (Å²) in [5, 5.41) is 0. The molecule has 0 spiro atoms. The molecule has 0 rings (SSSR count). The minimum Gasteiger partial charge on any atom is -0.497 e. The second kappa shape index (κ2) is 15.3. The van der Waals surface area contributed by atoms with Gasteiger partial charge in [0.05, 0.1) is 7.11 Å². The van der Waals surface area contributed by atoms with Crippen molar-refractivity contribution in [1.82, 2.24) is 0 Å². The fourth-order valence-corrected chi connectivity index (χ4v) is 2.33. The van der Waals surface area contributed by atoms with Gasteiger partial charge in [-0.15, -0.1) is 0 Å². The van der Waals surface area contributed by atoms with Crippen molar-refractivity contribution in [1.29, 1.82) is 0 Å². The van der Waals surface area contributed by atoms with Gasteiger partial charge in [0.25, 0.3) is 6.47 Å². The smallest absolute Gasteiger partial charge is 0.293 e. The van der Waals surface area contributed by atoms with Crippen molar-refractivity contribution in [3.8, 4) is 0 Å². The molecule has 3 nitrogen and oxygen atoms in total. The number of rotatable bonds is 15. The van der Waals surface area contributed by atoms with Crippen LogP contribution in [-0.2, 0) is 14.3 Å². The van der Waals surface area contributed by atoms with E-state index in [0.29, 0.717) is 12.2 Å². The molecule has 0 radical (unpaired) electrons. The summed E-state index contributed by atoms with van der Waals surface area (Å²) >= 11 is 0. The zero-order chi connectivity index (χ0) is 21.4. The molecular formula is C25H34O3. The van der Waals surface area contributed by atoms with Crippen LogP contribution in [0.3, 0.4) is 0 Å². The number of hydrogen-bond acceptors (Lipinski definition) is 3. The van der Waals surface area contributed by atoms with Gasteiger partial charge in [-0.05, 0) is 53.7 Å². The van der Waals surface area contributed by atoms with Crippen LogP contribution >= 0.6 is 0 Å². The Kier molecular flexibility index (Phi) is 13.7. The number of carbonyl (C=O) groups excluding carboxylic acids is 1. The number of methoxy groups -OCH3 is 1. The Balaban J connectivity index is 5.64. The van der Waals surface area contributed by atoms with Gasteiger partial charge in [-0.2, -0.15) is 0 Å². The van der Waals surface area contributed by atoms with Crippen LogP contribution in [0, 0.1) is 0 Å². The molecule has 0 atom stereocenters. The lowest BCUT2D eigenvalue weighted by Gasteiger charge is -2.14. The van der Waals surface area contributed by atoms with Gasteiger partial charge in [-0.3, -0.25) is 4.79 Å². The third-order valence-corrected chi connectivity index (χ3v) is 4.12. The van der Waals surface area contributed by atoms with Crippen LogP contribution in [0.4, 0.5) is 0 Å². The SMILES string of the molecule is C=C(/C=C\C(=C)C(=C)/C(=C\C(=C)/C(=C/C=C\C)COC=O)CCCCC)OC. The molecule has 0 fully saturated rings. The maximum Gasteiger partial charge on any atom is 0.293 e. The van der Waals surface area contributed by atoms with Gasteiger partial charge >= 0.3 is 0 Å². The molecule has 0 aliphatic carbocycles. The molecule has 0 unspecified atom stereocenters. The Morgan fingerprint density at radius 1 is 1.00 bits per heavy atom. The summed E-state index contributed by atoms with van der Waals surface area (Å²) in [5.74, 6) is 0.553. The van der Waals surface area contributed by atoms with Crippen molar-refractivity contribution in [3.05, 3.63) is 96.4 Å². The van der Waals surface area contributed by atoms with E-state index in [9.17, 15) is 4.79 Å². The van der Waals surface area contributed by atoms with Gasteiger partial charge in [0.15, 0.2) is 0 Å². The summed E-state index contributed by atoms with van der Waals surface area (Å²) in [6, 6.07) is 0. The zero-order valence-corrected chi connectivity index (χ0v) is 17.6. The quantitative estimate of drug-likeness (QED) is 0.139. The Bertz CT molecular complexity index is 685. The highest BCUT2D eigenvalue weighted by Crippen LogP contribution is 2.26. The van der Waals surface area contributed by atoms with Crippen LogP contribution in [0.1, 0.15) is 39.5 Å². The Hall–Kier alpha value is -2.81. The molecule has 0 saturated heterocycles. The van der Waals surface area contributed by atoms with E-state index in [-0.39, 0.29) is 6.61 Å². The van der Waals surface area contributed by atoms with Crippen molar-refractivity contribution >= 4 is 6.47 Å². The number of carbonyl (C=O) groups is 1. The monoisotopic (exact) mass is 382 g/mol. The van der Waals surface area contributed by atoms with E-state index >= 15 is 0 Å².